The van der Waals surface area contributed by atoms with Gasteiger partial charge in [-0.15, -0.1) is 5.10 Å². The van der Waals surface area contributed by atoms with Crippen LogP contribution < -0.4 is 0 Å². The Kier molecular flexibility index (Phi) is 4.56. The van der Waals surface area contributed by atoms with E-state index < -0.39 is 23.6 Å². The standard InChI is InChI=1S/C13H14F2N4O2/c1-2-9(7-12(20)21)19-11(16-17-18-19)6-8-4-3-5-10(14)13(8)15/h3-5,9H,2,6-7H2,1H3,(H,20,21). The van der Waals surface area contributed by atoms with Crippen LogP contribution in [0.25, 0.3) is 0 Å². The topological polar surface area (TPSA) is 80.9 Å². The summed E-state index contributed by atoms with van der Waals surface area (Å²) in [5, 5.41) is 19.9. The lowest BCUT2D eigenvalue weighted by Gasteiger charge is -2.14. The molecule has 1 heterocycles. The van der Waals surface area contributed by atoms with Gasteiger partial charge in [0.15, 0.2) is 17.5 Å². The first-order chi connectivity index (χ1) is 10.0. The number of tetrazole rings is 1. The Morgan fingerprint density at radius 2 is 2.19 bits per heavy atom. The summed E-state index contributed by atoms with van der Waals surface area (Å²) in [6, 6.07) is 3.44. The third kappa shape index (κ3) is 3.39. The first-order valence-corrected chi connectivity index (χ1v) is 6.44. The number of carboxylic acid groups (broad SMARTS) is 1. The van der Waals surface area contributed by atoms with Crippen LogP contribution in [-0.2, 0) is 11.2 Å². The molecule has 0 amide bonds. The fourth-order valence-corrected chi connectivity index (χ4v) is 2.07. The molecule has 0 bridgehead atoms. The van der Waals surface area contributed by atoms with Crippen molar-refractivity contribution < 1.29 is 18.7 Å². The van der Waals surface area contributed by atoms with E-state index >= 15 is 0 Å². The molecule has 0 aliphatic rings. The van der Waals surface area contributed by atoms with E-state index in [2.05, 4.69) is 15.5 Å². The Morgan fingerprint density at radius 1 is 1.43 bits per heavy atom. The number of hydrogen-bond donors (Lipinski definition) is 1. The fraction of sp³-hybridized carbons (Fsp3) is 0.385. The maximum Gasteiger partial charge on any atom is 0.305 e. The average Bonchev–Trinajstić information content (AvgIpc) is 2.89. The van der Waals surface area contributed by atoms with Gasteiger partial charge in [-0.05, 0) is 28.5 Å². The van der Waals surface area contributed by atoms with Gasteiger partial charge in [-0.2, -0.15) is 0 Å². The summed E-state index contributed by atoms with van der Waals surface area (Å²) < 4.78 is 28.2. The van der Waals surface area contributed by atoms with Gasteiger partial charge in [0.2, 0.25) is 0 Å². The van der Waals surface area contributed by atoms with Crippen molar-refractivity contribution in [1.29, 1.82) is 0 Å². The molecule has 0 spiro atoms. The van der Waals surface area contributed by atoms with E-state index in [0.29, 0.717) is 12.2 Å². The summed E-state index contributed by atoms with van der Waals surface area (Å²) in [6.45, 7) is 1.81. The van der Waals surface area contributed by atoms with Crippen molar-refractivity contribution in [3.8, 4) is 0 Å². The monoisotopic (exact) mass is 296 g/mol. The minimum absolute atomic E-state index is 0.00723. The average molecular weight is 296 g/mol. The summed E-state index contributed by atoms with van der Waals surface area (Å²) in [5.41, 5.74) is 0.122. The van der Waals surface area contributed by atoms with Gasteiger partial charge in [-0.3, -0.25) is 4.79 Å². The van der Waals surface area contributed by atoms with Gasteiger partial charge in [-0.25, -0.2) is 13.5 Å². The van der Waals surface area contributed by atoms with E-state index in [0.717, 1.165) is 6.07 Å². The highest BCUT2D eigenvalue weighted by atomic mass is 19.2. The number of hydrogen-bond acceptors (Lipinski definition) is 4. The Hall–Kier alpha value is -2.38. The summed E-state index contributed by atoms with van der Waals surface area (Å²) in [6.07, 6.45) is 0.364. The molecule has 0 aliphatic carbocycles. The Balaban J connectivity index is 2.28. The van der Waals surface area contributed by atoms with Crippen LogP contribution in [0.2, 0.25) is 0 Å². The normalized spacial score (nSPS) is 12.3. The van der Waals surface area contributed by atoms with Gasteiger partial charge < -0.3 is 5.11 Å². The zero-order valence-corrected chi connectivity index (χ0v) is 11.3. The first-order valence-electron chi connectivity index (χ1n) is 6.44. The van der Waals surface area contributed by atoms with Crippen LogP contribution >= 0.6 is 0 Å². The number of carboxylic acids is 1. The lowest BCUT2D eigenvalue weighted by Crippen LogP contribution is -2.17. The maximum absolute atomic E-state index is 13.7. The Morgan fingerprint density at radius 3 is 2.86 bits per heavy atom. The molecule has 0 saturated carbocycles. The minimum atomic E-state index is -0.972. The van der Waals surface area contributed by atoms with E-state index in [-0.39, 0.29) is 18.4 Å². The number of nitrogens with zero attached hydrogens (tertiary/aromatic N) is 4. The molecule has 112 valence electrons. The lowest BCUT2D eigenvalue weighted by atomic mass is 10.1. The molecule has 2 aromatic rings. The van der Waals surface area contributed by atoms with Crippen LogP contribution in [0.15, 0.2) is 18.2 Å². The van der Waals surface area contributed by atoms with Crippen LogP contribution in [0.3, 0.4) is 0 Å². The molecule has 0 aliphatic heterocycles. The predicted molar refractivity (Wildman–Crippen MR) is 68.6 cm³/mol. The highest BCUT2D eigenvalue weighted by Gasteiger charge is 2.20. The summed E-state index contributed by atoms with van der Waals surface area (Å²) in [7, 11) is 0. The molecular formula is C13H14F2N4O2. The largest absolute Gasteiger partial charge is 0.481 e. The third-order valence-corrected chi connectivity index (χ3v) is 3.17. The predicted octanol–water partition coefficient (Wildman–Crippen LogP) is 1.97. The second kappa shape index (κ2) is 6.38. The molecule has 1 atom stereocenters. The SMILES string of the molecule is CCC(CC(=O)O)n1nnnc1Cc1cccc(F)c1F. The highest BCUT2D eigenvalue weighted by molar-refractivity contribution is 5.67. The van der Waals surface area contributed by atoms with Crippen LogP contribution in [0.4, 0.5) is 8.78 Å². The quantitative estimate of drug-likeness (QED) is 0.881. The minimum Gasteiger partial charge on any atom is -0.481 e. The summed E-state index contributed by atoms with van der Waals surface area (Å²) >= 11 is 0. The van der Waals surface area contributed by atoms with Gasteiger partial charge in [-0.1, -0.05) is 19.1 Å². The van der Waals surface area contributed by atoms with Crippen molar-refractivity contribution in [3.05, 3.63) is 41.2 Å². The number of aromatic nitrogens is 4. The number of rotatable bonds is 6. The van der Waals surface area contributed by atoms with Crippen molar-refractivity contribution in [3.63, 3.8) is 0 Å². The van der Waals surface area contributed by atoms with E-state index in [1.165, 1.54) is 16.8 Å². The molecule has 1 aromatic carbocycles. The lowest BCUT2D eigenvalue weighted by molar-refractivity contribution is -0.138. The Bertz CT molecular complexity index is 645. The van der Waals surface area contributed by atoms with Crippen LogP contribution in [0.5, 0.6) is 0 Å². The molecule has 8 heteroatoms. The molecule has 1 unspecified atom stereocenters. The van der Waals surface area contributed by atoms with Gasteiger partial charge in [0.05, 0.1) is 12.5 Å². The number of benzene rings is 1. The summed E-state index contributed by atoms with van der Waals surface area (Å²) in [5.74, 6) is -2.56. The molecule has 2 rings (SSSR count). The molecule has 21 heavy (non-hydrogen) atoms. The van der Waals surface area contributed by atoms with E-state index in [1.807, 2.05) is 6.92 Å². The van der Waals surface area contributed by atoms with Crippen molar-refractivity contribution in [1.82, 2.24) is 20.2 Å². The van der Waals surface area contributed by atoms with Crippen molar-refractivity contribution in [2.24, 2.45) is 0 Å². The van der Waals surface area contributed by atoms with Gasteiger partial charge >= 0.3 is 5.97 Å². The number of halogens is 2. The maximum atomic E-state index is 13.7. The second-order valence-corrected chi connectivity index (χ2v) is 4.59. The van der Waals surface area contributed by atoms with Crippen LogP contribution in [-0.4, -0.2) is 31.3 Å². The van der Waals surface area contributed by atoms with Gasteiger partial charge in [0.25, 0.3) is 0 Å². The van der Waals surface area contributed by atoms with E-state index in [9.17, 15) is 13.6 Å². The molecular weight excluding hydrogens is 282 g/mol. The van der Waals surface area contributed by atoms with Gasteiger partial charge in [0.1, 0.15) is 0 Å². The summed E-state index contributed by atoms with van der Waals surface area (Å²) in [4.78, 5) is 10.8. The number of aliphatic carboxylic acids is 1. The fourth-order valence-electron chi connectivity index (χ4n) is 2.07. The van der Waals surface area contributed by atoms with E-state index in [4.69, 9.17) is 5.11 Å². The van der Waals surface area contributed by atoms with Crippen LogP contribution in [0.1, 0.15) is 37.2 Å². The smallest absolute Gasteiger partial charge is 0.305 e. The second-order valence-electron chi connectivity index (χ2n) is 4.59. The molecule has 1 N–H and O–H groups in total. The molecule has 0 fully saturated rings. The molecule has 0 radical (unpaired) electrons. The Labute approximate surface area is 119 Å². The number of carbonyl (C=O) groups is 1. The van der Waals surface area contributed by atoms with E-state index in [1.54, 1.807) is 0 Å². The third-order valence-electron chi connectivity index (χ3n) is 3.17. The first kappa shape index (κ1) is 15.0. The zero-order chi connectivity index (χ0) is 15.4. The van der Waals surface area contributed by atoms with Crippen molar-refractivity contribution >= 4 is 5.97 Å². The molecule has 0 saturated heterocycles. The van der Waals surface area contributed by atoms with Crippen LogP contribution in [0, 0.1) is 11.6 Å². The van der Waals surface area contributed by atoms with Gasteiger partial charge in [0, 0.05) is 6.42 Å². The van der Waals surface area contributed by atoms with Crippen molar-refractivity contribution in [2.75, 3.05) is 0 Å². The highest BCUT2D eigenvalue weighted by Crippen LogP contribution is 2.19. The zero-order valence-electron chi connectivity index (χ0n) is 11.3. The molecule has 1 aromatic heterocycles. The molecule has 6 nitrogen and oxygen atoms in total. The van der Waals surface area contributed by atoms with Crippen molar-refractivity contribution in [2.45, 2.75) is 32.2 Å².